The van der Waals surface area contributed by atoms with E-state index in [0.717, 1.165) is 35.2 Å². The van der Waals surface area contributed by atoms with Gasteiger partial charge in [0.2, 0.25) is 0 Å². The number of nitrogens with one attached hydrogen (secondary N) is 2. The fraction of sp³-hybridized carbons (Fsp3) is 0.562. The number of carbonyl (C=O) groups is 1. The normalized spacial score (nSPS) is 12.0. The third-order valence-electron chi connectivity index (χ3n) is 3.16. The molecule has 0 fully saturated rings. The van der Waals surface area contributed by atoms with Crippen LogP contribution >= 0.6 is 15.9 Å². The van der Waals surface area contributed by atoms with E-state index in [2.05, 4.69) is 47.3 Å². The number of hydrogen-bond acceptors (Lipinski definition) is 3. The van der Waals surface area contributed by atoms with E-state index in [-0.39, 0.29) is 18.6 Å². The molecule has 4 nitrogen and oxygen atoms in total. The molecule has 0 saturated carbocycles. The van der Waals surface area contributed by atoms with Gasteiger partial charge in [0.05, 0.1) is 0 Å². The maximum absolute atomic E-state index is 11.7. The molecule has 0 aromatic heterocycles. The molecule has 0 heterocycles. The average molecular weight is 357 g/mol. The van der Waals surface area contributed by atoms with E-state index in [1.165, 1.54) is 0 Å². The molecule has 0 spiro atoms. The summed E-state index contributed by atoms with van der Waals surface area (Å²) in [6.07, 6.45) is 2.06. The quantitative estimate of drug-likeness (QED) is 0.666. The van der Waals surface area contributed by atoms with Gasteiger partial charge in [-0.3, -0.25) is 4.79 Å². The molecule has 1 aromatic rings. The van der Waals surface area contributed by atoms with Crippen LogP contribution in [0.15, 0.2) is 22.7 Å². The zero-order chi connectivity index (χ0) is 15.7. The predicted octanol–water partition coefficient (Wildman–Crippen LogP) is 3.41. The van der Waals surface area contributed by atoms with Crippen molar-refractivity contribution in [1.29, 1.82) is 0 Å². The highest BCUT2D eigenvalue weighted by molar-refractivity contribution is 9.10. The summed E-state index contributed by atoms with van der Waals surface area (Å²) in [5.74, 6) is 0.672. The molecule has 0 radical (unpaired) electrons. The number of unbranched alkanes of at least 4 members (excludes halogenated alkanes) is 1. The van der Waals surface area contributed by atoms with Crippen molar-refractivity contribution in [2.24, 2.45) is 0 Å². The minimum absolute atomic E-state index is 0.0528. The highest BCUT2D eigenvalue weighted by Gasteiger charge is 2.12. The number of hydrogen-bond donors (Lipinski definition) is 2. The highest BCUT2D eigenvalue weighted by Crippen LogP contribution is 2.28. The Morgan fingerprint density at radius 1 is 1.38 bits per heavy atom. The van der Waals surface area contributed by atoms with E-state index >= 15 is 0 Å². The molecule has 21 heavy (non-hydrogen) atoms. The largest absolute Gasteiger partial charge is 0.483 e. The summed E-state index contributed by atoms with van der Waals surface area (Å²) in [5, 5.41) is 6.21. The third kappa shape index (κ3) is 6.48. The van der Waals surface area contributed by atoms with Gasteiger partial charge in [0, 0.05) is 22.6 Å². The number of benzene rings is 1. The first-order valence-electron chi connectivity index (χ1n) is 7.50. The monoisotopic (exact) mass is 356 g/mol. The van der Waals surface area contributed by atoms with E-state index < -0.39 is 0 Å². The molecule has 118 valence electrons. The topological polar surface area (TPSA) is 50.4 Å². The molecule has 0 saturated heterocycles. The molecule has 2 N–H and O–H groups in total. The van der Waals surface area contributed by atoms with Gasteiger partial charge in [0.15, 0.2) is 6.61 Å². The molecular formula is C16H25BrN2O2. The van der Waals surface area contributed by atoms with Crippen molar-refractivity contribution in [2.45, 2.75) is 39.7 Å². The van der Waals surface area contributed by atoms with Crippen LogP contribution in [0.5, 0.6) is 5.75 Å². The van der Waals surface area contributed by atoms with Crippen LogP contribution in [-0.4, -0.2) is 25.6 Å². The van der Waals surface area contributed by atoms with Gasteiger partial charge in [0.25, 0.3) is 5.91 Å². The van der Waals surface area contributed by atoms with Gasteiger partial charge in [-0.1, -0.05) is 36.2 Å². The Kier molecular flexibility index (Phi) is 8.38. The van der Waals surface area contributed by atoms with Crippen LogP contribution in [0.3, 0.4) is 0 Å². The van der Waals surface area contributed by atoms with Gasteiger partial charge in [-0.15, -0.1) is 0 Å². The Labute approximate surface area is 135 Å². The van der Waals surface area contributed by atoms with Crippen molar-refractivity contribution in [2.75, 3.05) is 19.7 Å². The van der Waals surface area contributed by atoms with Crippen molar-refractivity contribution >= 4 is 21.8 Å². The molecule has 0 bridgehead atoms. The van der Waals surface area contributed by atoms with E-state index in [9.17, 15) is 4.79 Å². The number of ether oxygens (including phenoxy) is 1. The second-order valence-electron chi connectivity index (χ2n) is 4.95. The Morgan fingerprint density at radius 3 is 2.81 bits per heavy atom. The molecule has 0 aliphatic rings. The van der Waals surface area contributed by atoms with Crippen LogP contribution in [0.2, 0.25) is 0 Å². The fourth-order valence-electron chi connectivity index (χ4n) is 2.00. The lowest BCUT2D eigenvalue weighted by Gasteiger charge is -2.18. The van der Waals surface area contributed by atoms with Crippen molar-refractivity contribution < 1.29 is 9.53 Å². The molecule has 5 heteroatoms. The average Bonchev–Trinajstić information content (AvgIpc) is 2.46. The van der Waals surface area contributed by atoms with E-state index in [0.29, 0.717) is 6.54 Å². The number of carbonyl (C=O) groups excluding carboxylic acids is 1. The first-order chi connectivity index (χ1) is 10.1. The van der Waals surface area contributed by atoms with Crippen LogP contribution in [0.4, 0.5) is 0 Å². The van der Waals surface area contributed by atoms with E-state index in [4.69, 9.17) is 4.74 Å². The Hall–Kier alpha value is -1.07. The zero-order valence-electron chi connectivity index (χ0n) is 13.0. The molecule has 1 unspecified atom stereocenters. The van der Waals surface area contributed by atoms with Crippen molar-refractivity contribution in [3.63, 3.8) is 0 Å². The summed E-state index contributed by atoms with van der Waals surface area (Å²) in [6.45, 7) is 7.88. The number of amides is 1. The summed E-state index contributed by atoms with van der Waals surface area (Å²) in [4.78, 5) is 11.7. The van der Waals surface area contributed by atoms with Crippen molar-refractivity contribution in [3.8, 4) is 5.75 Å². The molecule has 1 aromatic carbocycles. The smallest absolute Gasteiger partial charge is 0.257 e. The van der Waals surface area contributed by atoms with E-state index in [1.807, 2.05) is 18.2 Å². The van der Waals surface area contributed by atoms with Gasteiger partial charge in [-0.2, -0.15) is 0 Å². The minimum atomic E-state index is -0.0755. The molecular weight excluding hydrogens is 332 g/mol. The molecule has 0 aliphatic heterocycles. The third-order valence-corrected chi connectivity index (χ3v) is 3.65. The minimum Gasteiger partial charge on any atom is -0.483 e. The standard InChI is InChI=1S/C16H25BrN2O2/c1-4-6-9-19-16(20)11-21-15-8-7-13(17)10-14(15)12(3)18-5-2/h7-8,10,12,18H,4-6,9,11H2,1-3H3,(H,19,20). The molecule has 1 amide bonds. The van der Waals surface area contributed by atoms with Gasteiger partial charge in [0.1, 0.15) is 5.75 Å². The summed E-state index contributed by atoms with van der Waals surface area (Å²) >= 11 is 3.48. The second kappa shape index (κ2) is 9.79. The van der Waals surface area contributed by atoms with Crippen molar-refractivity contribution in [3.05, 3.63) is 28.2 Å². The van der Waals surface area contributed by atoms with Gasteiger partial charge >= 0.3 is 0 Å². The van der Waals surface area contributed by atoms with Crippen LogP contribution in [0, 0.1) is 0 Å². The maximum Gasteiger partial charge on any atom is 0.257 e. The highest BCUT2D eigenvalue weighted by atomic mass is 79.9. The fourth-order valence-corrected chi connectivity index (χ4v) is 2.38. The SMILES string of the molecule is CCCCNC(=O)COc1ccc(Br)cc1C(C)NCC. The lowest BCUT2D eigenvalue weighted by atomic mass is 10.1. The number of halogens is 1. The van der Waals surface area contributed by atoms with Crippen LogP contribution in [0.1, 0.15) is 45.2 Å². The van der Waals surface area contributed by atoms with Crippen molar-refractivity contribution in [1.82, 2.24) is 10.6 Å². The first kappa shape index (κ1) is 18.0. The first-order valence-corrected chi connectivity index (χ1v) is 8.30. The molecule has 0 aliphatic carbocycles. The van der Waals surface area contributed by atoms with Gasteiger partial charge in [-0.05, 0) is 38.1 Å². The van der Waals surface area contributed by atoms with Gasteiger partial charge < -0.3 is 15.4 Å². The molecule has 1 atom stereocenters. The van der Waals surface area contributed by atoms with Crippen LogP contribution in [-0.2, 0) is 4.79 Å². The second-order valence-corrected chi connectivity index (χ2v) is 5.87. The van der Waals surface area contributed by atoms with Crippen LogP contribution < -0.4 is 15.4 Å². The number of rotatable bonds is 9. The summed E-state index contributed by atoms with van der Waals surface area (Å²) in [5.41, 5.74) is 1.05. The lowest BCUT2D eigenvalue weighted by molar-refractivity contribution is -0.123. The zero-order valence-corrected chi connectivity index (χ0v) is 14.6. The summed E-state index contributed by atoms with van der Waals surface area (Å²) in [6, 6.07) is 6.02. The predicted molar refractivity (Wildman–Crippen MR) is 89.6 cm³/mol. The Balaban J connectivity index is 2.63. The summed E-state index contributed by atoms with van der Waals surface area (Å²) in [7, 11) is 0. The maximum atomic E-state index is 11.7. The van der Waals surface area contributed by atoms with E-state index in [1.54, 1.807) is 0 Å². The summed E-state index contributed by atoms with van der Waals surface area (Å²) < 4.78 is 6.68. The molecule has 1 rings (SSSR count). The Bertz CT molecular complexity index is 452. The van der Waals surface area contributed by atoms with Crippen LogP contribution in [0.25, 0.3) is 0 Å². The van der Waals surface area contributed by atoms with Gasteiger partial charge in [-0.25, -0.2) is 0 Å². The Morgan fingerprint density at radius 2 is 2.14 bits per heavy atom. The lowest BCUT2D eigenvalue weighted by Crippen LogP contribution is -2.30.